The number of nitrogens with zero attached hydrogens (tertiary/aromatic N) is 2. The molecule has 2 amide bonds. The Morgan fingerprint density at radius 3 is 2.31 bits per heavy atom. The first-order valence-electron chi connectivity index (χ1n) is 12.9. The second-order valence-electron chi connectivity index (χ2n) is 9.36. The number of benzene rings is 2. The molecule has 0 unspecified atom stereocenters. The smallest absolute Gasteiger partial charge is 0.407 e. The number of hydrogen-bond donors (Lipinski definition) is 2. The highest BCUT2D eigenvalue weighted by Crippen LogP contribution is 2.41. The number of para-hydroxylation sites is 1. The van der Waals surface area contributed by atoms with Crippen molar-refractivity contribution in [3.8, 4) is 11.3 Å². The highest BCUT2D eigenvalue weighted by atomic mass is 35.5. The summed E-state index contributed by atoms with van der Waals surface area (Å²) >= 11 is 6.21. The second-order valence-corrected chi connectivity index (χ2v) is 9.77. The fourth-order valence-corrected chi connectivity index (χ4v) is 5.54. The molecular formula is C29H30ClFN4O4. The van der Waals surface area contributed by atoms with Crippen molar-refractivity contribution in [2.45, 2.75) is 40.0 Å². The summed E-state index contributed by atoms with van der Waals surface area (Å²) in [6.07, 6.45) is -0.524. The van der Waals surface area contributed by atoms with E-state index in [2.05, 4.69) is 31.9 Å². The van der Waals surface area contributed by atoms with Crippen LogP contribution >= 0.6 is 11.6 Å². The third-order valence-corrected chi connectivity index (χ3v) is 7.41. The molecule has 2 aromatic heterocycles. The molecule has 0 fully saturated rings. The van der Waals surface area contributed by atoms with Gasteiger partial charge in [-0.1, -0.05) is 29.8 Å². The van der Waals surface area contributed by atoms with Crippen LogP contribution in [0.1, 0.15) is 41.9 Å². The first-order chi connectivity index (χ1) is 18.8. The van der Waals surface area contributed by atoms with Crippen LogP contribution in [0.5, 0.6) is 0 Å². The van der Waals surface area contributed by atoms with Gasteiger partial charge < -0.3 is 29.2 Å². The number of rotatable bonds is 7. The van der Waals surface area contributed by atoms with Crippen molar-refractivity contribution in [1.82, 2.24) is 19.8 Å². The molecule has 10 heteroatoms. The lowest BCUT2D eigenvalue weighted by Gasteiger charge is -2.22. The van der Waals surface area contributed by atoms with Gasteiger partial charge in [0, 0.05) is 65.5 Å². The average Bonchev–Trinajstić information content (AvgIpc) is 3.38. The van der Waals surface area contributed by atoms with Crippen molar-refractivity contribution in [3.05, 3.63) is 81.4 Å². The Morgan fingerprint density at radius 2 is 1.64 bits per heavy atom. The number of amides is 2. The number of halogens is 2. The van der Waals surface area contributed by atoms with Crippen LogP contribution in [-0.2, 0) is 42.7 Å². The van der Waals surface area contributed by atoms with E-state index in [1.165, 1.54) is 11.6 Å². The molecule has 1 aliphatic heterocycles. The summed E-state index contributed by atoms with van der Waals surface area (Å²) in [5.74, 6) is -0.526. The molecule has 0 spiro atoms. The van der Waals surface area contributed by atoms with Crippen molar-refractivity contribution in [2.24, 2.45) is 7.05 Å². The number of fused-ring (bicyclic) bond motifs is 4. The maximum absolute atomic E-state index is 14.2. The number of aryl methyl sites for hydroxylation is 1. The van der Waals surface area contributed by atoms with Crippen molar-refractivity contribution in [3.63, 3.8) is 0 Å². The number of alkyl carbamates (subject to hydrolysis) is 2. The molecule has 2 N–H and O–H groups in total. The van der Waals surface area contributed by atoms with E-state index in [0.717, 1.165) is 33.5 Å². The van der Waals surface area contributed by atoms with E-state index in [4.69, 9.17) is 21.1 Å². The minimum absolute atomic E-state index is 0.0140. The van der Waals surface area contributed by atoms with Gasteiger partial charge in [-0.3, -0.25) is 0 Å². The van der Waals surface area contributed by atoms with Crippen LogP contribution in [-0.4, -0.2) is 34.4 Å². The predicted octanol–water partition coefficient (Wildman–Crippen LogP) is 5.88. The quantitative estimate of drug-likeness (QED) is 0.264. The second kappa shape index (κ2) is 11.0. The molecule has 0 aliphatic carbocycles. The summed E-state index contributed by atoms with van der Waals surface area (Å²) < 4.78 is 29.7. The zero-order valence-electron chi connectivity index (χ0n) is 22.1. The number of carbonyl (C=O) groups excluding carboxylic acids is 2. The molecule has 39 heavy (non-hydrogen) atoms. The lowest BCUT2D eigenvalue weighted by atomic mass is 9.99. The Labute approximate surface area is 230 Å². The largest absolute Gasteiger partial charge is 0.445 e. The minimum atomic E-state index is -0.561. The zero-order valence-corrected chi connectivity index (χ0v) is 22.8. The van der Waals surface area contributed by atoms with Crippen LogP contribution in [0.2, 0.25) is 5.02 Å². The molecule has 2 aromatic carbocycles. The Balaban J connectivity index is 1.69. The fraction of sp³-hybridized carbons (Fsp3) is 0.310. The van der Waals surface area contributed by atoms with Crippen LogP contribution in [0, 0.1) is 5.82 Å². The van der Waals surface area contributed by atoms with Crippen molar-refractivity contribution in [2.75, 3.05) is 13.1 Å². The van der Waals surface area contributed by atoms with E-state index in [9.17, 15) is 14.0 Å². The van der Waals surface area contributed by atoms with Crippen molar-refractivity contribution in [1.29, 1.82) is 0 Å². The van der Waals surface area contributed by atoms with Crippen molar-refractivity contribution < 1.29 is 23.5 Å². The first-order valence-corrected chi connectivity index (χ1v) is 13.3. The van der Waals surface area contributed by atoms with Crippen molar-refractivity contribution >= 4 is 34.7 Å². The van der Waals surface area contributed by atoms with Gasteiger partial charge in [0.2, 0.25) is 0 Å². The Morgan fingerprint density at radius 1 is 0.974 bits per heavy atom. The lowest BCUT2D eigenvalue weighted by molar-refractivity contribution is 0.132. The van der Waals surface area contributed by atoms with Crippen LogP contribution in [0.25, 0.3) is 22.2 Å². The summed E-state index contributed by atoms with van der Waals surface area (Å²) in [4.78, 5) is 24.6. The third kappa shape index (κ3) is 4.94. The van der Waals surface area contributed by atoms with E-state index in [0.29, 0.717) is 37.2 Å². The van der Waals surface area contributed by atoms with Crippen LogP contribution < -0.4 is 10.6 Å². The molecule has 0 saturated heterocycles. The van der Waals surface area contributed by atoms with Gasteiger partial charge in [-0.25, -0.2) is 14.0 Å². The fourth-order valence-electron chi connectivity index (χ4n) is 5.36. The molecule has 5 rings (SSSR count). The maximum atomic E-state index is 14.2. The molecule has 3 heterocycles. The molecule has 0 radical (unpaired) electrons. The molecule has 204 valence electrons. The summed E-state index contributed by atoms with van der Waals surface area (Å²) in [7, 11) is 2.04. The van der Waals surface area contributed by atoms with E-state index in [1.807, 2.05) is 26.1 Å². The van der Waals surface area contributed by atoms with Gasteiger partial charge in [0.15, 0.2) is 0 Å². The highest BCUT2D eigenvalue weighted by Gasteiger charge is 2.31. The lowest BCUT2D eigenvalue weighted by Crippen LogP contribution is -2.24. The SMILES string of the molecule is CCNC(=O)OCc1c(COC(=O)NCC)c(-c2ccc(F)c(Cl)c2)n2c1Cc1c(n(C)c3ccccc13)C2. The first kappa shape index (κ1) is 26.6. The molecule has 0 saturated carbocycles. The van der Waals surface area contributed by atoms with Crippen LogP contribution in [0.4, 0.5) is 14.0 Å². The molecule has 8 nitrogen and oxygen atoms in total. The van der Waals surface area contributed by atoms with Gasteiger partial charge in [0.1, 0.15) is 19.0 Å². The molecule has 4 aromatic rings. The number of aromatic nitrogens is 2. The van der Waals surface area contributed by atoms with Gasteiger partial charge in [-0.05, 0) is 43.7 Å². The molecule has 0 atom stereocenters. The number of ether oxygens (including phenoxy) is 2. The standard InChI is InChI=1S/C29H30ClFN4O4/c1-4-32-28(36)38-15-20-21(16-39-29(37)33-5-2)27(17-10-11-23(31)22(30)12-17)35-14-26-19(13-25(20)35)18-8-6-7-9-24(18)34(26)3/h6-12H,4-5,13-16H2,1-3H3,(H,32,36)(H,33,37). The predicted molar refractivity (Wildman–Crippen MR) is 147 cm³/mol. The van der Waals surface area contributed by atoms with Gasteiger partial charge in [0.25, 0.3) is 0 Å². The Bertz CT molecular complexity index is 1580. The number of nitrogens with one attached hydrogen (secondary N) is 2. The van der Waals surface area contributed by atoms with Gasteiger partial charge in [-0.2, -0.15) is 0 Å². The van der Waals surface area contributed by atoms with E-state index in [-0.39, 0.29) is 18.2 Å². The average molecular weight is 553 g/mol. The van der Waals surface area contributed by atoms with Crippen LogP contribution in [0.3, 0.4) is 0 Å². The maximum Gasteiger partial charge on any atom is 0.407 e. The van der Waals surface area contributed by atoms with E-state index < -0.39 is 18.0 Å². The minimum Gasteiger partial charge on any atom is -0.445 e. The third-order valence-electron chi connectivity index (χ3n) is 7.12. The summed E-state index contributed by atoms with van der Waals surface area (Å²) in [5, 5.41) is 6.43. The number of hydrogen-bond acceptors (Lipinski definition) is 4. The number of carbonyl (C=O) groups is 2. The normalized spacial score (nSPS) is 12.1. The van der Waals surface area contributed by atoms with Gasteiger partial charge in [0.05, 0.1) is 17.3 Å². The molecule has 1 aliphatic rings. The molecular weight excluding hydrogens is 523 g/mol. The van der Waals surface area contributed by atoms with E-state index >= 15 is 0 Å². The Kier molecular flexibility index (Phi) is 7.52. The topological polar surface area (TPSA) is 86.5 Å². The highest BCUT2D eigenvalue weighted by molar-refractivity contribution is 6.31. The Hall–Kier alpha value is -3.98. The summed E-state index contributed by atoms with van der Waals surface area (Å²) in [6.45, 7) is 4.89. The van der Waals surface area contributed by atoms with Gasteiger partial charge in [-0.15, -0.1) is 0 Å². The monoisotopic (exact) mass is 552 g/mol. The van der Waals surface area contributed by atoms with Gasteiger partial charge >= 0.3 is 12.2 Å². The molecule has 0 bridgehead atoms. The van der Waals surface area contributed by atoms with Crippen LogP contribution in [0.15, 0.2) is 42.5 Å². The van der Waals surface area contributed by atoms with E-state index in [1.54, 1.807) is 19.1 Å². The zero-order chi connectivity index (χ0) is 27.7. The summed E-state index contributed by atoms with van der Waals surface area (Å²) in [6, 6.07) is 12.8. The summed E-state index contributed by atoms with van der Waals surface area (Å²) in [5.41, 5.74) is 7.23.